The smallest absolute Gasteiger partial charge is 0.0383 e. The number of hydrogen-bond acceptors (Lipinski definition) is 0. The minimum absolute atomic E-state index is 0.878. The minimum Gasteiger partial charge on any atom is -0.0683 e. The quantitative estimate of drug-likeness (QED) is 0.305. The van der Waals surface area contributed by atoms with Crippen molar-refractivity contribution in [2.75, 3.05) is 0 Å². The number of hydrogen-bond donors (Lipinski definition) is 0. The van der Waals surface area contributed by atoms with Crippen molar-refractivity contribution >= 4 is 0 Å². The Morgan fingerprint density at radius 3 is 1.53 bits per heavy atom. The van der Waals surface area contributed by atoms with E-state index in [0.717, 1.165) is 47.3 Å². The molecule has 0 amide bonds. The molecule has 0 bridgehead atoms. The second-order valence-corrected chi connectivity index (χ2v) is 11.1. The van der Waals surface area contributed by atoms with E-state index in [9.17, 15) is 0 Å². The highest BCUT2D eigenvalue weighted by atomic mass is 14.4. The van der Waals surface area contributed by atoms with Gasteiger partial charge in [-0.3, -0.25) is 0 Å². The molecule has 0 radical (unpaired) electrons. The van der Waals surface area contributed by atoms with E-state index < -0.39 is 0 Å². The zero-order valence-electron chi connectivity index (χ0n) is 27.7. The van der Waals surface area contributed by atoms with Crippen LogP contribution in [0.3, 0.4) is 0 Å². The molecule has 0 aromatic heterocycles. The molecular formula is C34H76. The fraction of sp³-hybridized carbons (Fsp3) is 1.00. The Morgan fingerprint density at radius 2 is 1.24 bits per heavy atom. The molecular weight excluding hydrogens is 408 g/mol. The van der Waals surface area contributed by atoms with E-state index >= 15 is 0 Å². The van der Waals surface area contributed by atoms with Gasteiger partial charge in [0.2, 0.25) is 0 Å². The average molecular weight is 485 g/mol. The van der Waals surface area contributed by atoms with Gasteiger partial charge >= 0.3 is 0 Å². The molecule has 2 aliphatic carbocycles. The highest BCUT2D eigenvalue weighted by Gasteiger charge is 2.30. The van der Waals surface area contributed by atoms with Gasteiger partial charge in [-0.25, -0.2) is 0 Å². The molecule has 0 aromatic carbocycles. The van der Waals surface area contributed by atoms with E-state index in [-0.39, 0.29) is 0 Å². The van der Waals surface area contributed by atoms with E-state index in [4.69, 9.17) is 0 Å². The van der Waals surface area contributed by atoms with Crippen molar-refractivity contribution in [3.8, 4) is 0 Å². The van der Waals surface area contributed by atoms with Crippen LogP contribution in [0.15, 0.2) is 0 Å². The van der Waals surface area contributed by atoms with Crippen LogP contribution in [-0.4, -0.2) is 0 Å². The van der Waals surface area contributed by atoms with Crippen molar-refractivity contribution in [1.82, 2.24) is 0 Å². The molecule has 0 N–H and O–H groups in total. The molecule has 34 heavy (non-hydrogen) atoms. The molecule has 0 nitrogen and oxygen atoms in total. The van der Waals surface area contributed by atoms with Gasteiger partial charge in [0.15, 0.2) is 0 Å². The standard InChI is InChI=1S/C14H28.C12H24.4C2H6/c1-6-13(10(2)3)9-14-8-11(4)7-12(14)5;1-10(2)9-11(3)7-8-12-5-4-6-12;4*1-2/h10-14H,6-9H2,1-5H3;10-12H,4-9H2,1-3H3;4*1-2H3. The predicted molar refractivity (Wildman–Crippen MR) is 165 cm³/mol. The van der Waals surface area contributed by atoms with E-state index in [1.54, 1.807) is 0 Å². The largest absolute Gasteiger partial charge is 0.0683 e. The third kappa shape index (κ3) is 22.5. The fourth-order valence-corrected chi connectivity index (χ4v) is 5.52. The van der Waals surface area contributed by atoms with Crippen LogP contribution >= 0.6 is 0 Å². The molecule has 5 atom stereocenters. The van der Waals surface area contributed by atoms with E-state index in [0.29, 0.717) is 0 Å². The van der Waals surface area contributed by atoms with Gasteiger partial charge in [0.25, 0.3) is 0 Å². The van der Waals surface area contributed by atoms with Gasteiger partial charge in [0.05, 0.1) is 0 Å². The Labute approximate surface area is 222 Å². The monoisotopic (exact) mass is 485 g/mol. The topological polar surface area (TPSA) is 0 Å². The summed E-state index contributed by atoms with van der Waals surface area (Å²) in [6, 6.07) is 0. The third-order valence-corrected chi connectivity index (χ3v) is 7.52. The van der Waals surface area contributed by atoms with Gasteiger partial charge in [-0.1, -0.05) is 149 Å². The van der Waals surface area contributed by atoms with Crippen molar-refractivity contribution < 1.29 is 0 Å². The van der Waals surface area contributed by atoms with Crippen LogP contribution < -0.4 is 0 Å². The van der Waals surface area contributed by atoms with Gasteiger partial charge < -0.3 is 0 Å². The Morgan fingerprint density at radius 1 is 0.735 bits per heavy atom. The van der Waals surface area contributed by atoms with Crippen molar-refractivity contribution in [2.24, 2.45) is 47.3 Å². The average Bonchev–Trinajstić information content (AvgIpc) is 3.12. The number of rotatable bonds is 9. The Bertz CT molecular complexity index is 338. The molecule has 212 valence electrons. The lowest BCUT2D eigenvalue weighted by Crippen LogP contribution is -2.15. The zero-order valence-corrected chi connectivity index (χ0v) is 27.7. The van der Waals surface area contributed by atoms with Crippen LogP contribution in [0.5, 0.6) is 0 Å². The lowest BCUT2D eigenvalue weighted by Gasteiger charge is -2.26. The molecule has 0 aromatic rings. The van der Waals surface area contributed by atoms with Gasteiger partial charge in [-0.15, -0.1) is 0 Å². The first-order chi connectivity index (χ1) is 16.2. The van der Waals surface area contributed by atoms with Crippen molar-refractivity contribution in [1.29, 1.82) is 0 Å². The SMILES string of the molecule is CC.CC.CC.CC.CC(C)CC(C)CCC1CCC1.CCC(CC1CC(C)CC1C)C(C)C. The molecule has 0 heterocycles. The second-order valence-electron chi connectivity index (χ2n) is 11.1. The van der Waals surface area contributed by atoms with Gasteiger partial charge in [-0.2, -0.15) is 0 Å². The third-order valence-electron chi connectivity index (χ3n) is 7.52. The summed E-state index contributed by atoms with van der Waals surface area (Å²) in [5, 5.41) is 0. The fourth-order valence-electron chi connectivity index (χ4n) is 5.52. The summed E-state index contributed by atoms with van der Waals surface area (Å²) >= 11 is 0. The van der Waals surface area contributed by atoms with Crippen LogP contribution in [0.25, 0.3) is 0 Å². The first-order valence-electron chi connectivity index (χ1n) is 16.2. The molecule has 0 heteroatoms. The maximum absolute atomic E-state index is 2.46. The summed E-state index contributed by atoms with van der Waals surface area (Å²) in [5.74, 6) is 7.80. The summed E-state index contributed by atoms with van der Waals surface area (Å²) in [5.41, 5.74) is 0. The highest BCUT2D eigenvalue weighted by Crippen LogP contribution is 2.41. The Balaban J connectivity index is -0.000000206. The summed E-state index contributed by atoms with van der Waals surface area (Å²) in [6.45, 7) is 35.1. The first kappa shape index (κ1) is 41.1. The maximum atomic E-state index is 2.46. The van der Waals surface area contributed by atoms with Gasteiger partial charge in [0.1, 0.15) is 0 Å². The molecule has 0 saturated heterocycles. The van der Waals surface area contributed by atoms with Gasteiger partial charge in [0, 0.05) is 0 Å². The van der Waals surface area contributed by atoms with Crippen LogP contribution in [0.1, 0.15) is 175 Å². The first-order valence-corrected chi connectivity index (χ1v) is 16.2. The van der Waals surface area contributed by atoms with Gasteiger partial charge in [-0.05, 0) is 73.0 Å². The second kappa shape index (κ2) is 29.2. The molecule has 2 aliphatic rings. The minimum atomic E-state index is 0.878. The Kier molecular flexibility index (Phi) is 35.4. The molecule has 2 fully saturated rings. The Hall–Kier alpha value is 0. The predicted octanol–water partition coefficient (Wildman–Crippen LogP) is 13.1. The van der Waals surface area contributed by atoms with Crippen molar-refractivity contribution in [3.05, 3.63) is 0 Å². The van der Waals surface area contributed by atoms with E-state index in [1.807, 2.05) is 55.4 Å². The molecule has 2 saturated carbocycles. The summed E-state index contributed by atoms with van der Waals surface area (Å²) in [6.07, 6.45) is 14.8. The molecule has 0 spiro atoms. The van der Waals surface area contributed by atoms with Crippen molar-refractivity contribution in [3.63, 3.8) is 0 Å². The summed E-state index contributed by atoms with van der Waals surface area (Å²) < 4.78 is 0. The molecule has 5 unspecified atom stereocenters. The zero-order chi connectivity index (χ0) is 27.7. The normalized spacial score (nSPS) is 22.6. The highest BCUT2D eigenvalue weighted by molar-refractivity contribution is 4.81. The lowest BCUT2D eigenvalue weighted by molar-refractivity contribution is 0.257. The van der Waals surface area contributed by atoms with Crippen LogP contribution in [0, 0.1) is 47.3 Å². The van der Waals surface area contributed by atoms with E-state index in [1.165, 1.54) is 64.2 Å². The van der Waals surface area contributed by atoms with E-state index in [2.05, 4.69) is 55.4 Å². The summed E-state index contributed by atoms with van der Waals surface area (Å²) in [7, 11) is 0. The summed E-state index contributed by atoms with van der Waals surface area (Å²) in [4.78, 5) is 0. The van der Waals surface area contributed by atoms with Crippen LogP contribution in [-0.2, 0) is 0 Å². The molecule has 2 rings (SSSR count). The lowest BCUT2D eigenvalue weighted by atomic mass is 9.80. The van der Waals surface area contributed by atoms with Crippen LogP contribution in [0.2, 0.25) is 0 Å². The van der Waals surface area contributed by atoms with Crippen LogP contribution in [0.4, 0.5) is 0 Å². The maximum Gasteiger partial charge on any atom is -0.0383 e. The molecule has 0 aliphatic heterocycles. The van der Waals surface area contributed by atoms with Crippen molar-refractivity contribution in [2.45, 2.75) is 175 Å².